The highest BCUT2D eigenvalue weighted by atomic mass is 16.4. The molecule has 0 radical (unpaired) electrons. The van der Waals surface area contributed by atoms with Crippen LogP contribution in [0.2, 0.25) is 0 Å². The summed E-state index contributed by atoms with van der Waals surface area (Å²) in [5, 5.41) is 11.9. The van der Waals surface area contributed by atoms with E-state index in [2.05, 4.69) is 10.3 Å². The second-order valence-corrected chi connectivity index (χ2v) is 3.81. The molecule has 1 aromatic rings. The summed E-state index contributed by atoms with van der Waals surface area (Å²) in [6.45, 7) is 5.01. The van der Waals surface area contributed by atoms with Gasteiger partial charge in [0.15, 0.2) is 0 Å². The fraction of sp³-hybridized carbons (Fsp3) is 0.600. The van der Waals surface area contributed by atoms with E-state index in [1.54, 1.807) is 19.4 Å². The van der Waals surface area contributed by atoms with Crippen LogP contribution in [0.4, 0.5) is 0 Å². The summed E-state index contributed by atoms with van der Waals surface area (Å²) in [6, 6.07) is 0.237. The third-order valence-electron chi connectivity index (χ3n) is 2.24. The molecule has 1 aromatic heterocycles. The lowest BCUT2D eigenvalue weighted by molar-refractivity contribution is -0.140. The van der Waals surface area contributed by atoms with E-state index in [0.29, 0.717) is 6.54 Å². The summed E-state index contributed by atoms with van der Waals surface area (Å²) in [7, 11) is 0. The molecule has 0 aliphatic carbocycles. The molecule has 0 bridgehead atoms. The molecule has 2 atom stereocenters. The van der Waals surface area contributed by atoms with Gasteiger partial charge in [0.25, 0.3) is 0 Å². The number of imidazole rings is 1. The zero-order chi connectivity index (χ0) is 11.3. The van der Waals surface area contributed by atoms with Gasteiger partial charge in [0, 0.05) is 31.5 Å². The van der Waals surface area contributed by atoms with Gasteiger partial charge in [-0.1, -0.05) is 6.92 Å². The number of aliphatic carboxylic acids is 1. The summed E-state index contributed by atoms with van der Waals surface area (Å²) in [5.74, 6) is -1.12. The van der Waals surface area contributed by atoms with Crippen LogP contribution in [0.25, 0.3) is 0 Å². The molecule has 0 fully saturated rings. The minimum atomic E-state index is -0.766. The van der Waals surface area contributed by atoms with Gasteiger partial charge >= 0.3 is 5.97 Å². The van der Waals surface area contributed by atoms with Gasteiger partial charge in [-0.05, 0) is 6.92 Å². The van der Waals surface area contributed by atoms with Crippen molar-refractivity contribution in [1.29, 1.82) is 0 Å². The van der Waals surface area contributed by atoms with E-state index in [0.717, 1.165) is 6.54 Å². The average Bonchev–Trinajstić information content (AvgIpc) is 2.66. The van der Waals surface area contributed by atoms with Crippen LogP contribution in [0.15, 0.2) is 18.7 Å². The van der Waals surface area contributed by atoms with Crippen molar-refractivity contribution in [3.8, 4) is 0 Å². The summed E-state index contributed by atoms with van der Waals surface area (Å²) in [5.41, 5.74) is 0. The Bertz CT molecular complexity index is 298. The molecule has 1 heterocycles. The third-order valence-corrected chi connectivity index (χ3v) is 2.24. The second-order valence-electron chi connectivity index (χ2n) is 3.81. The molecule has 2 N–H and O–H groups in total. The monoisotopic (exact) mass is 211 g/mol. The molecule has 0 saturated heterocycles. The molecular formula is C10H17N3O2. The number of rotatable bonds is 6. The van der Waals surface area contributed by atoms with Gasteiger partial charge in [-0.2, -0.15) is 0 Å². The lowest BCUT2D eigenvalue weighted by Crippen LogP contribution is -2.35. The van der Waals surface area contributed by atoms with Crippen molar-refractivity contribution in [3.63, 3.8) is 0 Å². The first-order valence-electron chi connectivity index (χ1n) is 5.01. The van der Waals surface area contributed by atoms with Crippen molar-refractivity contribution in [3.05, 3.63) is 18.7 Å². The highest BCUT2D eigenvalue weighted by Gasteiger charge is 2.11. The van der Waals surface area contributed by atoms with E-state index in [1.165, 1.54) is 0 Å². The van der Waals surface area contributed by atoms with Gasteiger partial charge in [0.05, 0.1) is 12.2 Å². The van der Waals surface area contributed by atoms with Crippen LogP contribution >= 0.6 is 0 Å². The maximum absolute atomic E-state index is 10.6. The van der Waals surface area contributed by atoms with Crippen molar-refractivity contribution in [2.24, 2.45) is 5.92 Å². The highest BCUT2D eigenvalue weighted by molar-refractivity contribution is 5.69. The number of nitrogens with one attached hydrogen (secondary N) is 1. The molecule has 0 aliphatic rings. The fourth-order valence-corrected chi connectivity index (χ4v) is 1.24. The second kappa shape index (κ2) is 5.50. The number of nitrogens with zero attached hydrogens (tertiary/aromatic N) is 2. The van der Waals surface area contributed by atoms with Crippen LogP contribution in [-0.2, 0) is 11.3 Å². The van der Waals surface area contributed by atoms with E-state index in [1.807, 2.05) is 17.7 Å². The molecular weight excluding hydrogens is 194 g/mol. The predicted molar refractivity (Wildman–Crippen MR) is 56.5 cm³/mol. The number of carboxylic acid groups (broad SMARTS) is 1. The van der Waals surface area contributed by atoms with E-state index in [-0.39, 0.29) is 12.0 Å². The first-order chi connectivity index (χ1) is 7.09. The molecule has 0 spiro atoms. The zero-order valence-electron chi connectivity index (χ0n) is 9.05. The Kier molecular flexibility index (Phi) is 4.30. The molecule has 0 saturated carbocycles. The van der Waals surface area contributed by atoms with Crippen LogP contribution < -0.4 is 5.32 Å². The van der Waals surface area contributed by atoms with Crippen LogP contribution in [-0.4, -0.2) is 33.2 Å². The number of hydrogen-bond acceptors (Lipinski definition) is 3. The molecule has 5 nitrogen and oxygen atoms in total. The smallest absolute Gasteiger partial charge is 0.307 e. The SMILES string of the molecule is CC(Cn1ccnc1)NCC(C)C(=O)O. The van der Waals surface area contributed by atoms with E-state index < -0.39 is 5.97 Å². The molecule has 0 amide bonds. The van der Waals surface area contributed by atoms with Crippen LogP contribution in [0.1, 0.15) is 13.8 Å². The normalized spacial score (nSPS) is 14.8. The van der Waals surface area contributed by atoms with E-state index in [9.17, 15) is 4.79 Å². The maximum Gasteiger partial charge on any atom is 0.307 e. The Labute approximate surface area is 89.1 Å². The summed E-state index contributed by atoms with van der Waals surface area (Å²) < 4.78 is 1.96. The van der Waals surface area contributed by atoms with Crippen LogP contribution in [0.5, 0.6) is 0 Å². The van der Waals surface area contributed by atoms with E-state index in [4.69, 9.17) is 5.11 Å². The molecule has 15 heavy (non-hydrogen) atoms. The Morgan fingerprint density at radius 1 is 1.60 bits per heavy atom. The molecule has 5 heteroatoms. The van der Waals surface area contributed by atoms with Crippen LogP contribution in [0, 0.1) is 5.92 Å². The van der Waals surface area contributed by atoms with Crippen molar-refractivity contribution in [2.45, 2.75) is 26.4 Å². The van der Waals surface area contributed by atoms with Crippen molar-refractivity contribution in [2.75, 3.05) is 6.54 Å². The molecule has 0 aromatic carbocycles. The highest BCUT2D eigenvalue weighted by Crippen LogP contribution is 1.95. The number of carboxylic acids is 1. The molecule has 0 aliphatic heterocycles. The Morgan fingerprint density at radius 2 is 2.33 bits per heavy atom. The third kappa shape index (κ3) is 4.12. The molecule has 1 rings (SSSR count). The van der Waals surface area contributed by atoms with Gasteiger partial charge in [0.1, 0.15) is 0 Å². The summed E-state index contributed by atoms with van der Waals surface area (Å²) in [6.07, 6.45) is 5.37. The quantitative estimate of drug-likeness (QED) is 0.722. The van der Waals surface area contributed by atoms with Gasteiger partial charge in [0.2, 0.25) is 0 Å². The average molecular weight is 211 g/mol. The van der Waals surface area contributed by atoms with Crippen LogP contribution in [0.3, 0.4) is 0 Å². The van der Waals surface area contributed by atoms with Crippen molar-refractivity contribution in [1.82, 2.24) is 14.9 Å². The Balaban J connectivity index is 2.25. The minimum absolute atomic E-state index is 0.237. The Hall–Kier alpha value is -1.36. The lowest BCUT2D eigenvalue weighted by atomic mass is 10.2. The van der Waals surface area contributed by atoms with Gasteiger partial charge in [-0.3, -0.25) is 4.79 Å². The molecule has 2 unspecified atom stereocenters. The van der Waals surface area contributed by atoms with Gasteiger partial charge < -0.3 is 15.0 Å². The van der Waals surface area contributed by atoms with E-state index >= 15 is 0 Å². The number of aromatic nitrogens is 2. The lowest BCUT2D eigenvalue weighted by Gasteiger charge is -2.15. The first-order valence-corrected chi connectivity index (χ1v) is 5.01. The van der Waals surface area contributed by atoms with Crippen molar-refractivity contribution >= 4 is 5.97 Å². The standard InChI is InChI=1S/C10H17N3O2/c1-8(10(14)15)5-12-9(2)6-13-4-3-11-7-13/h3-4,7-9,12H,5-6H2,1-2H3,(H,14,15). The maximum atomic E-state index is 10.6. The minimum Gasteiger partial charge on any atom is -0.481 e. The van der Waals surface area contributed by atoms with Crippen molar-refractivity contribution < 1.29 is 9.90 Å². The summed E-state index contributed by atoms with van der Waals surface area (Å²) >= 11 is 0. The topological polar surface area (TPSA) is 67.2 Å². The number of hydrogen-bond donors (Lipinski definition) is 2. The fourth-order valence-electron chi connectivity index (χ4n) is 1.24. The predicted octanol–water partition coefficient (Wildman–Crippen LogP) is 0.582. The zero-order valence-corrected chi connectivity index (χ0v) is 9.05. The Morgan fingerprint density at radius 3 is 2.87 bits per heavy atom. The number of carbonyl (C=O) groups is 1. The summed E-state index contributed by atoms with van der Waals surface area (Å²) in [4.78, 5) is 14.5. The molecule has 84 valence electrons. The largest absolute Gasteiger partial charge is 0.481 e. The van der Waals surface area contributed by atoms with Gasteiger partial charge in [-0.25, -0.2) is 4.98 Å². The first kappa shape index (κ1) is 11.7. The van der Waals surface area contributed by atoms with Gasteiger partial charge in [-0.15, -0.1) is 0 Å².